The summed E-state index contributed by atoms with van der Waals surface area (Å²) in [7, 11) is 0. The Morgan fingerprint density at radius 3 is 2.40 bits per heavy atom. The third-order valence-corrected chi connectivity index (χ3v) is 3.03. The van der Waals surface area contributed by atoms with Gasteiger partial charge in [0.2, 0.25) is 5.91 Å². The Labute approximate surface area is 121 Å². The molecule has 110 valence electrons. The highest BCUT2D eigenvalue weighted by Crippen LogP contribution is 1.98. The van der Waals surface area contributed by atoms with Gasteiger partial charge in [-0.1, -0.05) is 44.4 Å². The molecular weight excluding hydrogens is 252 g/mol. The maximum atomic E-state index is 11.7. The van der Waals surface area contributed by atoms with E-state index in [1.165, 1.54) is 12.8 Å². The number of carbonyl (C=O) groups is 2. The first-order valence-corrected chi connectivity index (χ1v) is 7.34. The van der Waals surface area contributed by atoms with Crippen molar-refractivity contribution in [1.29, 1.82) is 0 Å². The minimum absolute atomic E-state index is 0.00476. The van der Waals surface area contributed by atoms with E-state index in [2.05, 4.69) is 17.6 Å². The van der Waals surface area contributed by atoms with E-state index in [-0.39, 0.29) is 11.8 Å². The first kappa shape index (κ1) is 16.2. The summed E-state index contributed by atoms with van der Waals surface area (Å²) in [4.78, 5) is 23.2. The normalized spacial score (nSPS) is 10.1. The molecule has 0 aliphatic rings. The topological polar surface area (TPSA) is 58.2 Å². The van der Waals surface area contributed by atoms with E-state index < -0.39 is 0 Å². The summed E-state index contributed by atoms with van der Waals surface area (Å²) >= 11 is 0. The molecule has 0 radical (unpaired) electrons. The van der Waals surface area contributed by atoms with Gasteiger partial charge in [-0.3, -0.25) is 9.59 Å². The monoisotopic (exact) mass is 276 g/mol. The molecule has 0 aromatic heterocycles. The van der Waals surface area contributed by atoms with Crippen molar-refractivity contribution in [1.82, 2.24) is 10.6 Å². The van der Waals surface area contributed by atoms with Gasteiger partial charge in [-0.15, -0.1) is 0 Å². The van der Waals surface area contributed by atoms with Crippen molar-refractivity contribution in [3.63, 3.8) is 0 Å². The van der Waals surface area contributed by atoms with Crippen LogP contribution < -0.4 is 10.6 Å². The number of nitrogens with one attached hydrogen (secondary N) is 2. The lowest BCUT2D eigenvalue weighted by Crippen LogP contribution is -2.31. The lowest BCUT2D eigenvalue weighted by atomic mass is 10.2. The molecule has 4 nitrogen and oxygen atoms in total. The highest BCUT2D eigenvalue weighted by molar-refractivity contribution is 5.94. The number of benzene rings is 1. The Bertz CT molecular complexity index is 404. The summed E-state index contributed by atoms with van der Waals surface area (Å²) < 4.78 is 0. The zero-order valence-electron chi connectivity index (χ0n) is 12.2. The first-order valence-electron chi connectivity index (χ1n) is 7.34. The van der Waals surface area contributed by atoms with Gasteiger partial charge < -0.3 is 10.6 Å². The Morgan fingerprint density at radius 1 is 0.950 bits per heavy atom. The second kappa shape index (κ2) is 10.0. The lowest BCUT2D eigenvalue weighted by molar-refractivity contribution is -0.120. The fourth-order valence-corrected chi connectivity index (χ4v) is 1.85. The molecule has 0 unspecified atom stereocenters. The van der Waals surface area contributed by atoms with Gasteiger partial charge in [0.15, 0.2) is 0 Å². The SMILES string of the molecule is CCCCCCNC(=O)CCNC(=O)c1ccccc1. The van der Waals surface area contributed by atoms with Crippen LogP contribution in [0.15, 0.2) is 30.3 Å². The minimum atomic E-state index is -0.138. The number of amides is 2. The first-order chi connectivity index (χ1) is 9.74. The van der Waals surface area contributed by atoms with Crippen LogP contribution in [0.25, 0.3) is 0 Å². The highest BCUT2D eigenvalue weighted by atomic mass is 16.2. The number of unbranched alkanes of at least 4 members (excludes halogenated alkanes) is 3. The molecule has 0 aliphatic carbocycles. The number of carbonyl (C=O) groups excluding carboxylic acids is 2. The molecule has 2 amide bonds. The van der Waals surface area contributed by atoms with Crippen LogP contribution in [-0.2, 0) is 4.79 Å². The van der Waals surface area contributed by atoms with E-state index in [1.807, 2.05) is 18.2 Å². The molecule has 0 saturated carbocycles. The summed E-state index contributed by atoms with van der Waals surface area (Å²) in [6.07, 6.45) is 4.91. The minimum Gasteiger partial charge on any atom is -0.356 e. The van der Waals surface area contributed by atoms with Crippen molar-refractivity contribution in [2.75, 3.05) is 13.1 Å². The Kier molecular flexibility index (Phi) is 8.11. The molecule has 0 bridgehead atoms. The quantitative estimate of drug-likeness (QED) is 0.681. The van der Waals surface area contributed by atoms with Crippen LogP contribution in [-0.4, -0.2) is 24.9 Å². The van der Waals surface area contributed by atoms with Gasteiger partial charge in [0.05, 0.1) is 0 Å². The van der Waals surface area contributed by atoms with E-state index >= 15 is 0 Å². The van der Waals surface area contributed by atoms with Crippen molar-refractivity contribution in [2.45, 2.75) is 39.0 Å². The lowest BCUT2D eigenvalue weighted by Gasteiger charge is -2.06. The van der Waals surface area contributed by atoms with Crippen LogP contribution in [0.3, 0.4) is 0 Å². The van der Waals surface area contributed by atoms with Crippen LogP contribution in [0, 0.1) is 0 Å². The molecule has 1 aromatic carbocycles. The summed E-state index contributed by atoms with van der Waals surface area (Å²) in [6.45, 7) is 3.26. The Balaban J connectivity index is 2.08. The van der Waals surface area contributed by atoms with E-state index in [0.717, 1.165) is 19.4 Å². The molecule has 4 heteroatoms. The highest BCUT2D eigenvalue weighted by Gasteiger charge is 2.05. The fourth-order valence-electron chi connectivity index (χ4n) is 1.85. The second-order valence-electron chi connectivity index (χ2n) is 4.78. The summed E-state index contributed by atoms with van der Waals surface area (Å²) in [6, 6.07) is 9.00. The van der Waals surface area contributed by atoms with Crippen molar-refractivity contribution in [3.8, 4) is 0 Å². The molecule has 0 spiro atoms. The average Bonchev–Trinajstić information content (AvgIpc) is 2.48. The average molecular weight is 276 g/mol. The van der Waals surface area contributed by atoms with E-state index in [0.29, 0.717) is 18.5 Å². The van der Waals surface area contributed by atoms with Crippen LogP contribution in [0.1, 0.15) is 49.4 Å². The van der Waals surface area contributed by atoms with Gasteiger partial charge in [0.1, 0.15) is 0 Å². The third-order valence-electron chi connectivity index (χ3n) is 3.03. The van der Waals surface area contributed by atoms with Gasteiger partial charge in [0, 0.05) is 25.1 Å². The maximum absolute atomic E-state index is 11.7. The molecule has 0 saturated heterocycles. The van der Waals surface area contributed by atoms with Crippen molar-refractivity contribution < 1.29 is 9.59 Å². The fraction of sp³-hybridized carbons (Fsp3) is 0.500. The predicted molar refractivity (Wildman–Crippen MR) is 80.5 cm³/mol. The molecule has 0 aliphatic heterocycles. The van der Waals surface area contributed by atoms with Crippen LogP contribution in [0.5, 0.6) is 0 Å². The van der Waals surface area contributed by atoms with Gasteiger partial charge in [-0.05, 0) is 18.6 Å². The molecule has 20 heavy (non-hydrogen) atoms. The standard InChI is InChI=1S/C16H24N2O2/c1-2-3-4-8-12-17-15(19)11-13-18-16(20)14-9-6-5-7-10-14/h5-7,9-10H,2-4,8,11-13H2,1H3,(H,17,19)(H,18,20). The van der Waals surface area contributed by atoms with E-state index in [1.54, 1.807) is 12.1 Å². The zero-order chi connectivity index (χ0) is 14.6. The van der Waals surface area contributed by atoms with Gasteiger partial charge in [0.25, 0.3) is 5.91 Å². The number of rotatable bonds is 9. The summed E-state index contributed by atoms with van der Waals surface area (Å²) in [5, 5.41) is 5.61. The van der Waals surface area contributed by atoms with Crippen LogP contribution >= 0.6 is 0 Å². The Hall–Kier alpha value is -1.84. The number of hydrogen-bond donors (Lipinski definition) is 2. The zero-order valence-corrected chi connectivity index (χ0v) is 12.2. The summed E-state index contributed by atoms with van der Waals surface area (Å²) in [5.41, 5.74) is 0.618. The predicted octanol–water partition coefficient (Wildman–Crippen LogP) is 2.50. The van der Waals surface area contributed by atoms with E-state index in [4.69, 9.17) is 0 Å². The van der Waals surface area contributed by atoms with Gasteiger partial charge in [-0.2, -0.15) is 0 Å². The van der Waals surface area contributed by atoms with Crippen molar-refractivity contribution >= 4 is 11.8 Å². The molecule has 1 aromatic rings. The molecule has 0 heterocycles. The molecule has 0 fully saturated rings. The largest absolute Gasteiger partial charge is 0.356 e. The van der Waals surface area contributed by atoms with Crippen LogP contribution in [0.4, 0.5) is 0 Å². The molecule has 0 atom stereocenters. The third kappa shape index (κ3) is 6.92. The van der Waals surface area contributed by atoms with Crippen molar-refractivity contribution in [2.24, 2.45) is 0 Å². The number of hydrogen-bond acceptors (Lipinski definition) is 2. The summed E-state index contributed by atoms with van der Waals surface area (Å²) in [5.74, 6) is -0.142. The van der Waals surface area contributed by atoms with Gasteiger partial charge in [-0.25, -0.2) is 0 Å². The van der Waals surface area contributed by atoms with E-state index in [9.17, 15) is 9.59 Å². The molecule has 1 rings (SSSR count). The molecular formula is C16H24N2O2. The van der Waals surface area contributed by atoms with Gasteiger partial charge >= 0.3 is 0 Å². The second-order valence-corrected chi connectivity index (χ2v) is 4.78. The van der Waals surface area contributed by atoms with Crippen molar-refractivity contribution in [3.05, 3.63) is 35.9 Å². The van der Waals surface area contributed by atoms with Crippen LogP contribution in [0.2, 0.25) is 0 Å². The molecule has 2 N–H and O–H groups in total. The maximum Gasteiger partial charge on any atom is 0.251 e. The Morgan fingerprint density at radius 2 is 1.70 bits per heavy atom. The smallest absolute Gasteiger partial charge is 0.251 e.